The Hall–Kier alpha value is -3.09. The molecule has 1 atom stereocenters. The molecule has 0 aliphatic heterocycles. The zero-order valence-electron chi connectivity index (χ0n) is 12.3. The van der Waals surface area contributed by atoms with E-state index in [1.54, 1.807) is 6.07 Å². The predicted octanol–water partition coefficient (Wildman–Crippen LogP) is 1.91. The maximum atomic E-state index is 12.0. The first-order valence-corrected chi connectivity index (χ1v) is 6.79. The van der Waals surface area contributed by atoms with Crippen LogP contribution in [0, 0.1) is 6.92 Å². The fraction of sp³-hybridized carbons (Fsp3) is 0.188. The van der Waals surface area contributed by atoms with E-state index < -0.39 is 30.3 Å². The molecule has 7 heteroatoms. The second kappa shape index (κ2) is 6.78. The third kappa shape index (κ3) is 4.19. The van der Waals surface area contributed by atoms with Gasteiger partial charge in [0.25, 0.3) is 5.91 Å². The standard InChI is InChI=1S/C16H15NO6/c1-9-3-2-4-10(7-9)12-5-6-13(23-12)15(20)17-11(16(21)22)8-14(18)19/h2-7,11H,8H2,1H3,(H,17,20)(H,18,19)(H,21,22)/t11-/m0/s1. The van der Waals surface area contributed by atoms with Crippen molar-refractivity contribution in [2.75, 3.05) is 0 Å². The van der Waals surface area contributed by atoms with Crippen molar-refractivity contribution < 1.29 is 29.0 Å². The molecule has 0 unspecified atom stereocenters. The van der Waals surface area contributed by atoms with Gasteiger partial charge in [0.15, 0.2) is 5.76 Å². The van der Waals surface area contributed by atoms with E-state index in [1.807, 2.05) is 31.2 Å². The number of carbonyl (C=O) groups is 3. The number of aliphatic carboxylic acids is 2. The van der Waals surface area contributed by atoms with Crippen LogP contribution in [-0.2, 0) is 9.59 Å². The normalized spacial score (nSPS) is 11.7. The fourth-order valence-corrected chi connectivity index (χ4v) is 2.02. The molecule has 1 aromatic carbocycles. The second-order valence-corrected chi connectivity index (χ2v) is 5.00. The van der Waals surface area contributed by atoms with Crippen molar-refractivity contribution in [3.05, 3.63) is 47.7 Å². The van der Waals surface area contributed by atoms with Crippen LogP contribution in [-0.4, -0.2) is 34.1 Å². The minimum Gasteiger partial charge on any atom is -0.481 e. The molecule has 120 valence electrons. The van der Waals surface area contributed by atoms with Gasteiger partial charge in [-0.05, 0) is 25.1 Å². The van der Waals surface area contributed by atoms with Crippen molar-refractivity contribution in [3.63, 3.8) is 0 Å². The number of carboxylic acid groups (broad SMARTS) is 2. The number of rotatable bonds is 6. The molecule has 2 aromatic rings. The van der Waals surface area contributed by atoms with Crippen LogP contribution in [0.5, 0.6) is 0 Å². The molecule has 0 aliphatic carbocycles. The predicted molar refractivity (Wildman–Crippen MR) is 80.0 cm³/mol. The maximum Gasteiger partial charge on any atom is 0.326 e. The van der Waals surface area contributed by atoms with Crippen LogP contribution >= 0.6 is 0 Å². The average molecular weight is 317 g/mol. The Kier molecular flexibility index (Phi) is 4.80. The smallest absolute Gasteiger partial charge is 0.326 e. The van der Waals surface area contributed by atoms with Crippen LogP contribution in [0.15, 0.2) is 40.8 Å². The molecular formula is C16H15NO6. The van der Waals surface area contributed by atoms with Crippen molar-refractivity contribution >= 4 is 17.8 Å². The first-order valence-electron chi connectivity index (χ1n) is 6.79. The summed E-state index contributed by atoms with van der Waals surface area (Å²) in [5.74, 6) is -3.15. The summed E-state index contributed by atoms with van der Waals surface area (Å²) in [6.45, 7) is 1.92. The summed E-state index contributed by atoms with van der Waals surface area (Å²) >= 11 is 0. The van der Waals surface area contributed by atoms with Gasteiger partial charge in [0.05, 0.1) is 6.42 Å². The molecule has 0 saturated carbocycles. The largest absolute Gasteiger partial charge is 0.481 e. The van der Waals surface area contributed by atoms with E-state index in [0.29, 0.717) is 5.76 Å². The summed E-state index contributed by atoms with van der Waals surface area (Å²) in [6.07, 6.45) is -0.716. The lowest BCUT2D eigenvalue weighted by molar-refractivity contribution is -0.145. The molecule has 1 aromatic heterocycles. The second-order valence-electron chi connectivity index (χ2n) is 5.00. The minimum atomic E-state index is -1.52. The van der Waals surface area contributed by atoms with Crippen LogP contribution in [0.3, 0.4) is 0 Å². The maximum absolute atomic E-state index is 12.0. The third-order valence-corrected chi connectivity index (χ3v) is 3.11. The highest BCUT2D eigenvalue weighted by Crippen LogP contribution is 2.23. The number of aryl methyl sites for hydroxylation is 1. The monoisotopic (exact) mass is 317 g/mol. The number of amides is 1. The highest BCUT2D eigenvalue weighted by Gasteiger charge is 2.25. The summed E-state index contributed by atoms with van der Waals surface area (Å²) in [6, 6.07) is 8.95. The van der Waals surface area contributed by atoms with Crippen molar-refractivity contribution in [1.29, 1.82) is 0 Å². The van der Waals surface area contributed by atoms with Crippen LogP contribution in [0.4, 0.5) is 0 Å². The molecule has 0 bridgehead atoms. The van der Waals surface area contributed by atoms with E-state index in [4.69, 9.17) is 14.6 Å². The number of carboxylic acids is 2. The van der Waals surface area contributed by atoms with E-state index in [-0.39, 0.29) is 5.76 Å². The lowest BCUT2D eigenvalue weighted by atomic mass is 10.1. The van der Waals surface area contributed by atoms with Crippen molar-refractivity contribution in [2.45, 2.75) is 19.4 Å². The Labute approximate surface area is 131 Å². The molecule has 3 N–H and O–H groups in total. The van der Waals surface area contributed by atoms with Gasteiger partial charge in [0.1, 0.15) is 11.8 Å². The summed E-state index contributed by atoms with van der Waals surface area (Å²) in [4.78, 5) is 33.6. The van der Waals surface area contributed by atoms with Gasteiger partial charge in [-0.3, -0.25) is 9.59 Å². The number of hydrogen-bond donors (Lipinski definition) is 3. The van der Waals surface area contributed by atoms with Crippen LogP contribution < -0.4 is 5.32 Å². The van der Waals surface area contributed by atoms with E-state index in [2.05, 4.69) is 5.32 Å². The summed E-state index contributed by atoms with van der Waals surface area (Å²) < 4.78 is 5.42. The van der Waals surface area contributed by atoms with Gasteiger partial charge >= 0.3 is 11.9 Å². The Morgan fingerprint density at radius 3 is 2.52 bits per heavy atom. The molecule has 23 heavy (non-hydrogen) atoms. The van der Waals surface area contributed by atoms with E-state index in [9.17, 15) is 14.4 Å². The van der Waals surface area contributed by atoms with Crippen LogP contribution in [0.2, 0.25) is 0 Å². The van der Waals surface area contributed by atoms with Gasteiger partial charge in [-0.25, -0.2) is 4.79 Å². The van der Waals surface area contributed by atoms with Gasteiger partial charge in [0, 0.05) is 5.56 Å². The van der Waals surface area contributed by atoms with Crippen molar-refractivity contribution in [1.82, 2.24) is 5.32 Å². The Morgan fingerprint density at radius 2 is 1.91 bits per heavy atom. The zero-order valence-corrected chi connectivity index (χ0v) is 12.3. The van der Waals surface area contributed by atoms with Gasteiger partial charge < -0.3 is 19.9 Å². The highest BCUT2D eigenvalue weighted by atomic mass is 16.4. The molecule has 7 nitrogen and oxygen atoms in total. The molecular weight excluding hydrogens is 302 g/mol. The Bertz CT molecular complexity index is 749. The Balaban J connectivity index is 2.14. The van der Waals surface area contributed by atoms with Crippen molar-refractivity contribution in [2.24, 2.45) is 0 Å². The molecule has 0 spiro atoms. The molecule has 1 heterocycles. The zero-order chi connectivity index (χ0) is 17.0. The summed E-state index contributed by atoms with van der Waals surface area (Å²) in [5.41, 5.74) is 1.81. The first-order chi connectivity index (χ1) is 10.9. The molecule has 1 amide bonds. The minimum absolute atomic E-state index is 0.0851. The number of nitrogens with one attached hydrogen (secondary N) is 1. The number of benzene rings is 1. The summed E-state index contributed by atoms with van der Waals surface area (Å²) in [7, 11) is 0. The molecule has 2 rings (SSSR count). The molecule has 0 saturated heterocycles. The fourth-order valence-electron chi connectivity index (χ4n) is 2.02. The van der Waals surface area contributed by atoms with Gasteiger partial charge in [-0.2, -0.15) is 0 Å². The van der Waals surface area contributed by atoms with E-state index in [1.165, 1.54) is 6.07 Å². The topological polar surface area (TPSA) is 117 Å². The third-order valence-electron chi connectivity index (χ3n) is 3.11. The molecule has 0 aliphatic rings. The van der Waals surface area contributed by atoms with E-state index >= 15 is 0 Å². The SMILES string of the molecule is Cc1cccc(-c2ccc(C(=O)N[C@@H](CC(=O)O)C(=O)O)o2)c1. The number of carbonyl (C=O) groups excluding carboxylic acids is 1. The van der Waals surface area contributed by atoms with E-state index in [0.717, 1.165) is 11.1 Å². The highest BCUT2D eigenvalue weighted by molar-refractivity contribution is 5.95. The quantitative estimate of drug-likeness (QED) is 0.749. The molecule has 0 radical (unpaired) electrons. The average Bonchev–Trinajstić information content (AvgIpc) is 2.95. The van der Waals surface area contributed by atoms with Gasteiger partial charge in [-0.15, -0.1) is 0 Å². The number of furan rings is 1. The van der Waals surface area contributed by atoms with Gasteiger partial charge in [-0.1, -0.05) is 23.8 Å². The Morgan fingerprint density at radius 1 is 1.17 bits per heavy atom. The molecule has 0 fully saturated rings. The lowest BCUT2D eigenvalue weighted by Gasteiger charge is -2.10. The van der Waals surface area contributed by atoms with Crippen LogP contribution in [0.1, 0.15) is 22.5 Å². The first kappa shape index (κ1) is 16.3. The number of hydrogen-bond acceptors (Lipinski definition) is 4. The van der Waals surface area contributed by atoms with Crippen LogP contribution in [0.25, 0.3) is 11.3 Å². The lowest BCUT2D eigenvalue weighted by Crippen LogP contribution is -2.42. The van der Waals surface area contributed by atoms with Gasteiger partial charge in [0.2, 0.25) is 0 Å². The van der Waals surface area contributed by atoms with Crippen molar-refractivity contribution in [3.8, 4) is 11.3 Å². The summed E-state index contributed by atoms with van der Waals surface area (Å²) in [5, 5.41) is 19.7.